The van der Waals surface area contributed by atoms with E-state index in [2.05, 4.69) is 255 Å². The highest BCUT2D eigenvalue weighted by molar-refractivity contribution is 9.10. The van der Waals surface area contributed by atoms with E-state index in [9.17, 15) is 0 Å². The summed E-state index contributed by atoms with van der Waals surface area (Å²) in [6, 6.07) is 82.3. The largest absolute Gasteiger partial charge is 0.494 e. The Morgan fingerprint density at radius 2 is 0.476 bits per heavy atom. The summed E-state index contributed by atoms with van der Waals surface area (Å²) in [5.74, 6) is 0. The molecule has 2 aliphatic rings. The third-order valence-electron chi connectivity index (χ3n) is 20.2. The van der Waals surface area contributed by atoms with Gasteiger partial charge < -0.3 is 18.6 Å². The first-order valence-corrected chi connectivity index (χ1v) is 35.5. The first-order chi connectivity index (χ1) is 49.4. The van der Waals surface area contributed by atoms with E-state index in [0.717, 1.165) is 106 Å². The number of benzene rings is 4. The van der Waals surface area contributed by atoms with Crippen molar-refractivity contribution in [2.45, 2.75) is 116 Å². The third-order valence-corrected chi connectivity index (χ3v) is 20.7. The van der Waals surface area contributed by atoms with E-state index in [1.807, 2.05) is 121 Å². The lowest BCUT2D eigenvalue weighted by Crippen LogP contribution is -2.41. The standard InChI is InChI=1S/C45H34N6.C27H38B2O4.C15H10BrN3/c1-45(2,35-19-15-31(16-20-35)33-27-41(37-11-3-7-23-46-37)50-42(28-33)38-12-4-8-24-47-38)36-21-17-32(18-22-36)34-29-43(39-13-5-9-25-48-39)51-44(30-34)40-14-6-10-26-49-40;1-23(2,19-11-15-21(16-12-19)28-30-24(3,4)25(5,6)31-28)20-13-17-22(18-14-20)29-32-26(7,8)27(9,10)33-29;16-11-9-14(12-5-1-3-7-17-12)19-15(10-11)13-6-2-4-8-18-13/h3-30H,1-2H3;11-18H,1-10H3;1-10H. The van der Waals surface area contributed by atoms with Crippen molar-refractivity contribution in [3.8, 4) is 90.6 Å². The Bertz CT molecular complexity index is 4570. The molecular formula is C87H82B2BrN9O4. The number of hydrogen-bond acceptors (Lipinski definition) is 13. The second kappa shape index (κ2) is 29.6. The molecule has 0 bridgehead atoms. The average molecular weight is 1420 g/mol. The van der Waals surface area contributed by atoms with Gasteiger partial charge in [0.25, 0.3) is 0 Å². The molecule has 4 aromatic carbocycles. The van der Waals surface area contributed by atoms with Crippen LogP contribution in [0.3, 0.4) is 0 Å². The molecule has 11 heterocycles. The number of nitrogens with zero attached hydrogens (tertiary/aromatic N) is 9. The van der Waals surface area contributed by atoms with E-state index >= 15 is 0 Å². The molecule has 103 heavy (non-hydrogen) atoms. The van der Waals surface area contributed by atoms with Gasteiger partial charge in [0.2, 0.25) is 0 Å². The summed E-state index contributed by atoms with van der Waals surface area (Å²) in [6.45, 7) is 25.7. The molecule has 0 N–H and O–H groups in total. The number of pyridine rings is 9. The van der Waals surface area contributed by atoms with Gasteiger partial charge in [-0.15, -0.1) is 0 Å². The van der Waals surface area contributed by atoms with Crippen molar-refractivity contribution in [3.63, 3.8) is 0 Å². The van der Waals surface area contributed by atoms with E-state index in [1.165, 1.54) is 22.3 Å². The molecule has 13 nitrogen and oxygen atoms in total. The van der Waals surface area contributed by atoms with Crippen LogP contribution in [0.4, 0.5) is 0 Å². The maximum absolute atomic E-state index is 6.21. The van der Waals surface area contributed by atoms with Crippen molar-refractivity contribution < 1.29 is 18.6 Å². The van der Waals surface area contributed by atoms with Crippen LogP contribution in [-0.4, -0.2) is 81.5 Å². The van der Waals surface area contributed by atoms with Crippen molar-refractivity contribution in [2.75, 3.05) is 0 Å². The van der Waals surface area contributed by atoms with Gasteiger partial charge in [0.15, 0.2) is 0 Å². The summed E-state index contributed by atoms with van der Waals surface area (Å²) in [4.78, 5) is 41.4. The van der Waals surface area contributed by atoms with Crippen LogP contribution in [-0.2, 0) is 29.4 Å². The Hall–Kier alpha value is -10.3. The van der Waals surface area contributed by atoms with Crippen LogP contribution in [0.15, 0.2) is 284 Å². The fourth-order valence-electron chi connectivity index (χ4n) is 12.3. The zero-order chi connectivity index (χ0) is 72.2. The Kier molecular flexibility index (Phi) is 20.4. The summed E-state index contributed by atoms with van der Waals surface area (Å²) in [7, 11) is -0.683. The van der Waals surface area contributed by atoms with Crippen LogP contribution >= 0.6 is 15.9 Å². The predicted molar refractivity (Wildman–Crippen MR) is 419 cm³/mol. The van der Waals surface area contributed by atoms with Crippen molar-refractivity contribution in [1.29, 1.82) is 0 Å². The lowest BCUT2D eigenvalue weighted by atomic mass is 9.73. The fraction of sp³-hybridized carbons (Fsp3) is 0.207. The molecule has 0 atom stereocenters. The third kappa shape index (κ3) is 15.9. The number of aromatic nitrogens is 9. The lowest BCUT2D eigenvalue weighted by Gasteiger charge is -2.32. The smallest absolute Gasteiger partial charge is 0.399 e. The van der Waals surface area contributed by atoms with Crippen molar-refractivity contribution in [3.05, 3.63) is 307 Å². The second-order valence-electron chi connectivity index (χ2n) is 28.9. The molecule has 13 aromatic rings. The Morgan fingerprint density at radius 1 is 0.262 bits per heavy atom. The van der Waals surface area contributed by atoms with Crippen molar-refractivity contribution in [1.82, 2.24) is 44.9 Å². The Balaban J connectivity index is 0.000000154. The van der Waals surface area contributed by atoms with E-state index in [4.69, 9.17) is 28.6 Å². The van der Waals surface area contributed by atoms with Gasteiger partial charge in [-0.3, -0.25) is 29.9 Å². The molecule has 0 saturated carbocycles. The molecule has 0 unspecified atom stereocenters. The van der Waals surface area contributed by atoms with Crippen LogP contribution in [0.5, 0.6) is 0 Å². The quantitative estimate of drug-likeness (QED) is 0.0950. The first-order valence-electron chi connectivity index (χ1n) is 34.7. The van der Waals surface area contributed by atoms with E-state index < -0.39 is 0 Å². The van der Waals surface area contributed by atoms with E-state index in [0.29, 0.717) is 0 Å². The molecule has 512 valence electrons. The highest BCUT2D eigenvalue weighted by Crippen LogP contribution is 2.41. The lowest BCUT2D eigenvalue weighted by molar-refractivity contribution is 0.00578. The van der Waals surface area contributed by atoms with Crippen LogP contribution in [0.1, 0.15) is 105 Å². The summed E-state index contributed by atoms with van der Waals surface area (Å²) < 4.78 is 25.8. The van der Waals surface area contributed by atoms with Gasteiger partial charge >= 0.3 is 14.2 Å². The van der Waals surface area contributed by atoms with Crippen LogP contribution in [0.2, 0.25) is 0 Å². The minimum absolute atomic E-state index is 0.150. The summed E-state index contributed by atoms with van der Waals surface area (Å²) in [5, 5.41) is 0. The fourth-order valence-corrected chi connectivity index (χ4v) is 12.8. The second-order valence-corrected chi connectivity index (χ2v) is 29.8. The molecule has 16 heteroatoms. The van der Waals surface area contributed by atoms with E-state index in [1.54, 1.807) is 37.2 Å². The Labute approximate surface area is 614 Å². The number of halogens is 1. The topological polar surface area (TPSA) is 153 Å². The van der Waals surface area contributed by atoms with Gasteiger partial charge in [-0.05, 0) is 220 Å². The molecule has 0 spiro atoms. The van der Waals surface area contributed by atoms with Crippen LogP contribution in [0, 0.1) is 0 Å². The number of rotatable bonds is 14. The molecule has 2 saturated heterocycles. The monoisotopic (exact) mass is 1420 g/mol. The van der Waals surface area contributed by atoms with Gasteiger partial charge in [0.1, 0.15) is 0 Å². The van der Waals surface area contributed by atoms with Gasteiger partial charge in [0, 0.05) is 52.5 Å². The molecule has 0 aliphatic carbocycles. The minimum atomic E-state index is -0.341. The molecular weight excluding hydrogens is 1340 g/mol. The van der Waals surface area contributed by atoms with Crippen molar-refractivity contribution >= 4 is 41.1 Å². The van der Waals surface area contributed by atoms with Gasteiger partial charge in [-0.25, -0.2) is 15.0 Å². The summed E-state index contributed by atoms with van der Waals surface area (Å²) in [6.07, 6.45) is 10.7. The molecule has 9 aromatic heterocycles. The SMILES string of the molecule is Brc1cc(-c2ccccn2)nc(-c2ccccn2)c1.CC(C)(c1ccc(-c2cc(-c3ccccn3)nc(-c3ccccn3)c2)cc1)c1ccc(-c2cc(-c3ccccn3)nc(-c3ccccn3)c2)cc1.CC(C)(c1ccc(B2OC(C)(C)C(C)(C)O2)cc1)c1ccc(B2OC(C)(C)C(C)(C)O2)cc1. The molecule has 2 fully saturated rings. The maximum atomic E-state index is 6.21. The molecule has 15 rings (SSSR count). The summed E-state index contributed by atoms with van der Waals surface area (Å²) >= 11 is 3.51. The van der Waals surface area contributed by atoms with Crippen molar-refractivity contribution in [2.24, 2.45) is 0 Å². The molecule has 0 amide bonds. The van der Waals surface area contributed by atoms with E-state index in [-0.39, 0.29) is 47.5 Å². The number of hydrogen-bond donors (Lipinski definition) is 0. The maximum Gasteiger partial charge on any atom is 0.494 e. The van der Waals surface area contributed by atoms with Gasteiger partial charge in [0.05, 0.1) is 90.7 Å². The normalized spacial score (nSPS) is 15.0. The van der Waals surface area contributed by atoms with Crippen LogP contribution < -0.4 is 10.9 Å². The minimum Gasteiger partial charge on any atom is -0.399 e. The average Bonchev–Trinajstić information content (AvgIpc) is 1.73. The highest BCUT2D eigenvalue weighted by Gasteiger charge is 2.53. The predicted octanol–water partition coefficient (Wildman–Crippen LogP) is 19.0. The van der Waals surface area contributed by atoms with Crippen LogP contribution in [0.25, 0.3) is 90.6 Å². The first kappa shape index (κ1) is 71.1. The zero-order valence-electron chi connectivity index (χ0n) is 60.2. The summed E-state index contributed by atoms with van der Waals surface area (Å²) in [5.41, 5.74) is 19.5. The Morgan fingerprint density at radius 3 is 0.689 bits per heavy atom. The van der Waals surface area contributed by atoms with Gasteiger partial charge in [-0.2, -0.15) is 0 Å². The molecule has 0 radical (unpaired) electrons. The molecule has 2 aliphatic heterocycles. The van der Waals surface area contributed by atoms with Gasteiger partial charge in [-0.1, -0.05) is 177 Å². The highest BCUT2D eigenvalue weighted by atomic mass is 79.9. The zero-order valence-corrected chi connectivity index (χ0v) is 61.8.